The average molecular weight is 410 g/mol. The second-order valence-corrected chi connectivity index (χ2v) is 7.97. The van der Waals surface area contributed by atoms with Crippen molar-refractivity contribution < 1.29 is 4.52 Å². The Morgan fingerprint density at radius 2 is 1.79 bits per heavy atom. The van der Waals surface area contributed by atoms with Gasteiger partial charge in [-0.25, -0.2) is 4.98 Å². The first-order valence-corrected chi connectivity index (χ1v) is 10.4. The van der Waals surface area contributed by atoms with Crippen LogP contribution in [0, 0.1) is 13.8 Å². The van der Waals surface area contributed by atoms with Crippen molar-refractivity contribution in [2.75, 3.05) is 0 Å². The van der Waals surface area contributed by atoms with Gasteiger partial charge in [0.2, 0.25) is 0 Å². The number of halogens is 1. The van der Waals surface area contributed by atoms with Crippen molar-refractivity contribution in [3.8, 4) is 11.3 Å². The summed E-state index contributed by atoms with van der Waals surface area (Å²) >= 11 is 7.77. The van der Waals surface area contributed by atoms with E-state index in [1.54, 1.807) is 11.8 Å². The van der Waals surface area contributed by atoms with E-state index in [1.807, 2.05) is 50.4 Å². The van der Waals surface area contributed by atoms with Crippen LogP contribution >= 0.6 is 23.4 Å². The van der Waals surface area contributed by atoms with Crippen LogP contribution in [0.25, 0.3) is 11.3 Å². The molecule has 0 aliphatic rings. The van der Waals surface area contributed by atoms with E-state index in [4.69, 9.17) is 21.1 Å². The summed E-state index contributed by atoms with van der Waals surface area (Å²) in [5.74, 6) is 1.64. The lowest BCUT2D eigenvalue weighted by Crippen LogP contribution is -2.04. The minimum Gasteiger partial charge on any atom is -0.361 e. The van der Waals surface area contributed by atoms with Gasteiger partial charge < -0.3 is 9.09 Å². The second-order valence-electron chi connectivity index (χ2n) is 6.60. The van der Waals surface area contributed by atoms with Crippen LogP contribution in [0.2, 0.25) is 5.02 Å². The summed E-state index contributed by atoms with van der Waals surface area (Å²) in [5.41, 5.74) is 5.46. The van der Waals surface area contributed by atoms with Gasteiger partial charge in [-0.15, -0.1) is 0 Å². The van der Waals surface area contributed by atoms with Crippen molar-refractivity contribution in [2.45, 2.75) is 31.3 Å². The Morgan fingerprint density at radius 3 is 2.46 bits per heavy atom. The largest absolute Gasteiger partial charge is 0.361 e. The number of aryl methyl sites for hydroxylation is 2. The van der Waals surface area contributed by atoms with E-state index in [0.29, 0.717) is 0 Å². The van der Waals surface area contributed by atoms with Gasteiger partial charge in [0.25, 0.3) is 0 Å². The maximum atomic E-state index is 6.07. The van der Waals surface area contributed by atoms with E-state index < -0.39 is 0 Å². The molecule has 0 fully saturated rings. The van der Waals surface area contributed by atoms with Gasteiger partial charge in [0.1, 0.15) is 5.76 Å². The zero-order chi connectivity index (χ0) is 19.5. The molecule has 0 saturated heterocycles. The molecule has 4 rings (SSSR count). The number of nitrogens with zero attached hydrogens (tertiary/aromatic N) is 3. The quantitative estimate of drug-likeness (QED) is 0.358. The Balaban J connectivity index is 1.68. The lowest BCUT2D eigenvalue weighted by atomic mass is 10.1. The highest BCUT2D eigenvalue weighted by atomic mass is 35.5. The highest BCUT2D eigenvalue weighted by molar-refractivity contribution is 7.98. The first-order valence-electron chi connectivity index (χ1n) is 9.02. The monoisotopic (exact) mass is 409 g/mol. The van der Waals surface area contributed by atoms with Crippen LogP contribution in [-0.4, -0.2) is 14.7 Å². The molecule has 2 aromatic heterocycles. The second kappa shape index (κ2) is 8.25. The molecule has 4 aromatic rings. The van der Waals surface area contributed by atoms with E-state index in [2.05, 4.69) is 34.0 Å². The number of hydrogen-bond donors (Lipinski definition) is 0. The van der Waals surface area contributed by atoms with Crippen molar-refractivity contribution in [1.82, 2.24) is 14.7 Å². The van der Waals surface area contributed by atoms with Crippen LogP contribution in [0.1, 0.15) is 22.6 Å². The van der Waals surface area contributed by atoms with E-state index in [9.17, 15) is 0 Å². The normalized spacial score (nSPS) is 11.1. The zero-order valence-electron chi connectivity index (χ0n) is 15.7. The van der Waals surface area contributed by atoms with Crippen molar-refractivity contribution in [2.24, 2.45) is 0 Å². The molecular formula is C22H20ClN3OS. The Labute approximate surface area is 173 Å². The van der Waals surface area contributed by atoms with Crippen LogP contribution in [0.3, 0.4) is 0 Å². The van der Waals surface area contributed by atoms with Gasteiger partial charge in [0.05, 0.1) is 24.1 Å². The minimum absolute atomic E-state index is 0.728. The van der Waals surface area contributed by atoms with E-state index >= 15 is 0 Å². The molecule has 0 saturated carbocycles. The van der Waals surface area contributed by atoms with Crippen LogP contribution in [-0.2, 0) is 12.3 Å². The first kappa shape index (κ1) is 18.8. The van der Waals surface area contributed by atoms with E-state index in [1.165, 1.54) is 5.56 Å². The molecular weight excluding hydrogens is 390 g/mol. The lowest BCUT2D eigenvalue weighted by molar-refractivity contribution is 0.392. The third-order valence-electron chi connectivity index (χ3n) is 4.67. The third kappa shape index (κ3) is 4.01. The maximum Gasteiger partial charge on any atom is 0.169 e. The topological polar surface area (TPSA) is 43.9 Å². The maximum absolute atomic E-state index is 6.07. The molecule has 0 amide bonds. The van der Waals surface area contributed by atoms with Gasteiger partial charge >= 0.3 is 0 Å². The molecule has 0 bridgehead atoms. The van der Waals surface area contributed by atoms with Crippen molar-refractivity contribution >= 4 is 23.4 Å². The molecule has 0 N–H and O–H groups in total. The molecule has 28 heavy (non-hydrogen) atoms. The zero-order valence-corrected chi connectivity index (χ0v) is 17.3. The summed E-state index contributed by atoms with van der Waals surface area (Å²) in [5, 5.41) is 5.75. The predicted octanol–water partition coefficient (Wildman–Crippen LogP) is 6.15. The van der Waals surface area contributed by atoms with Crippen molar-refractivity contribution in [1.29, 1.82) is 0 Å². The molecule has 6 heteroatoms. The Kier molecular flexibility index (Phi) is 5.55. The lowest BCUT2D eigenvalue weighted by Gasteiger charge is -2.12. The fourth-order valence-electron chi connectivity index (χ4n) is 3.09. The SMILES string of the molecule is Cc1noc(C)c1CSc1ncc(-c2ccc(Cl)cc2)n1Cc1ccccc1. The third-order valence-corrected chi connectivity index (χ3v) is 5.94. The van der Waals surface area contributed by atoms with E-state index in [-0.39, 0.29) is 0 Å². The summed E-state index contributed by atoms with van der Waals surface area (Å²) in [6.07, 6.45) is 1.93. The highest BCUT2D eigenvalue weighted by Gasteiger charge is 2.15. The fraction of sp³-hybridized carbons (Fsp3) is 0.182. The van der Waals surface area contributed by atoms with Gasteiger partial charge in [-0.2, -0.15) is 0 Å². The smallest absolute Gasteiger partial charge is 0.169 e. The Morgan fingerprint density at radius 1 is 1.04 bits per heavy atom. The van der Waals surface area contributed by atoms with Gasteiger partial charge in [0, 0.05) is 16.3 Å². The van der Waals surface area contributed by atoms with Gasteiger partial charge in [0.15, 0.2) is 5.16 Å². The summed E-state index contributed by atoms with van der Waals surface area (Å²) < 4.78 is 7.54. The number of imidazole rings is 1. The number of aromatic nitrogens is 3. The molecule has 4 nitrogen and oxygen atoms in total. The summed E-state index contributed by atoms with van der Waals surface area (Å²) in [6.45, 7) is 4.68. The predicted molar refractivity (Wildman–Crippen MR) is 114 cm³/mol. The van der Waals surface area contributed by atoms with Gasteiger partial charge in [-0.1, -0.05) is 71.0 Å². The number of rotatable bonds is 6. The van der Waals surface area contributed by atoms with Crippen molar-refractivity contribution in [3.05, 3.63) is 88.4 Å². The highest BCUT2D eigenvalue weighted by Crippen LogP contribution is 2.31. The van der Waals surface area contributed by atoms with Crippen LogP contribution in [0.5, 0.6) is 0 Å². The van der Waals surface area contributed by atoms with Crippen LogP contribution < -0.4 is 0 Å². The number of benzene rings is 2. The van der Waals surface area contributed by atoms with Gasteiger partial charge in [-0.05, 0) is 37.1 Å². The molecule has 2 aromatic carbocycles. The minimum atomic E-state index is 0.728. The number of thioether (sulfide) groups is 1. The standard InChI is InChI=1S/C22H20ClN3OS/c1-15-20(16(2)27-25-15)14-28-22-24-12-21(18-8-10-19(23)11-9-18)26(22)13-17-6-4-3-5-7-17/h3-12H,13-14H2,1-2H3. The summed E-state index contributed by atoms with van der Waals surface area (Å²) in [6, 6.07) is 18.3. The summed E-state index contributed by atoms with van der Waals surface area (Å²) in [7, 11) is 0. The molecule has 142 valence electrons. The first-order chi connectivity index (χ1) is 13.6. The molecule has 0 atom stereocenters. The molecule has 0 spiro atoms. The molecule has 0 radical (unpaired) electrons. The van der Waals surface area contributed by atoms with Crippen LogP contribution in [0.4, 0.5) is 0 Å². The molecule has 0 unspecified atom stereocenters. The number of hydrogen-bond acceptors (Lipinski definition) is 4. The fourth-order valence-corrected chi connectivity index (χ4v) is 4.35. The van der Waals surface area contributed by atoms with Crippen LogP contribution in [0.15, 0.2) is 70.5 Å². The van der Waals surface area contributed by atoms with Crippen molar-refractivity contribution in [3.63, 3.8) is 0 Å². The molecule has 0 aliphatic heterocycles. The van der Waals surface area contributed by atoms with Gasteiger partial charge in [-0.3, -0.25) is 0 Å². The Hall–Kier alpha value is -2.50. The Bertz CT molecular complexity index is 1050. The molecule has 0 aliphatic carbocycles. The average Bonchev–Trinajstić information content (AvgIpc) is 3.25. The summed E-state index contributed by atoms with van der Waals surface area (Å²) in [4.78, 5) is 4.71. The van der Waals surface area contributed by atoms with E-state index in [0.717, 1.165) is 50.8 Å². The molecule has 2 heterocycles.